The molecule has 1 atom stereocenters. The van der Waals surface area contributed by atoms with E-state index in [0.29, 0.717) is 18.5 Å². The molecule has 126 valence electrons. The summed E-state index contributed by atoms with van der Waals surface area (Å²) in [6.45, 7) is 0.366. The van der Waals surface area contributed by atoms with Crippen molar-refractivity contribution in [2.45, 2.75) is 12.5 Å². The summed E-state index contributed by atoms with van der Waals surface area (Å²) < 4.78 is 16.1. The predicted octanol–water partition coefficient (Wildman–Crippen LogP) is 2.36. The molecule has 23 heavy (non-hydrogen) atoms. The average Bonchev–Trinajstić information content (AvgIpc) is 2.90. The predicted molar refractivity (Wildman–Crippen MR) is 93.1 cm³/mol. The Morgan fingerprint density at radius 3 is 2.83 bits per heavy atom. The van der Waals surface area contributed by atoms with Crippen LogP contribution >= 0.6 is 28.3 Å². The Bertz CT molecular complexity index is 665. The summed E-state index contributed by atoms with van der Waals surface area (Å²) >= 11 is 3.31. The van der Waals surface area contributed by atoms with E-state index in [-0.39, 0.29) is 24.1 Å². The monoisotopic (exact) mass is 404 g/mol. The molecule has 2 N–H and O–H groups in total. The molecule has 0 aliphatic carbocycles. The second kappa shape index (κ2) is 9.00. The molecule has 1 aromatic heterocycles. The molecule has 0 fully saturated rings. The molecule has 0 saturated carbocycles. The zero-order chi connectivity index (χ0) is 16.1. The Morgan fingerprint density at radius 2 is 2.22 bits per heavy atom. The van der Waals surface area contributed by atoms with Gasteiger partial charge in [-0.25, -0.2) is 4.39 Å². The minimum Gasteiger partial charge on any atom is -0.354 e. The maximum absolute atomic E-state index is 13.6. The number of nitrogens with one attached hydrogen (secondary N) is 2. The second-order valence-corrected chi connectivity index (χ2v) is 5.86. The first kappa shape index (κ1) is 19.6. The molecular formula is C15H19BrClFN4O. The number of benzene rings is 1. The fraction of sp³-hybridized carbons (Fsp3) is 0.333. The van der Waals surface area contributed by atoms with E-state index in [0.717, 1.165) is 10.0 Å². The van der Waals surface area contributed by atoms with Crippen LogP contribution in [0.25, 0.3) is 0 Å². The van der Waals surface area contributed by atoms with Gasteiger partial charge in [0, 0.05) is 29.8 Å². The van der Waals surface area contributed by atoms with Crippen molar-refractivity contribution in [3.8, 4) is 0 Å². The van der Waals surface area contributed by atoms with Gasteiger partial charge < -0.3 is 10.6 Å². The third kappa shape index (κ3) is 5.30. The van der Waals surface area contributed by atoms with Crippen molar-refractivity contribution in [2.75, 3.05) is 13.6 Å². The van der Waals surface area contributed by atoms with E-state index >= 15 is 0 Å². The summed E-state index contributed by atoms with van der Waals surface area (Å²) in [5.41, 5.74) is 1.35. The zero-order valence-corrected chi connectivity index (χ0v) is 15.2. The molecule has 5 nitrogen and oxygen atoms in total. The summed E-state index contributed by atoms with van der Waals surface area (Å²) in [6.07, 6.45) is 3.87. The summed E-state index contributed by atoms with van der Waals surface area (Å²) in [5.74, 6) is -0.430. The molecular weight excluding hydrogens is 387 g/mol. The molecule has 0 saturated heterocycles. The molecule has 8 heteroatoms. The molecule has 0 spiro atoms. The van der Waals surface area contributed by atoms with Gasteiger partial charge in [0.1, 0.15) is 11.9 Å². The quantitative estimate of drug-likeness (QED) is 0.776. The molecule has 2 aromatic rings. The lowest BCUT2D eigenvalue weighted by Gasteiger charge is -2.14. The van der Waals surface area contributed by atoms with Crippen molar-refractivity contribution >= 4 is 34.2 Å². The number of carbonyl (C=O) groups excluding carboxylic acids is 1. The minimum absolute atomic E-state index is 0. The first-order valence-electron chi connectivity index (χ1n) is 6.88. The van der Waals surface area contributed by atoms with Crippen molar-refractivity contribution in [3.63, 3.8) is 0 Å². The number of amides is 1. The lowest BCUT2D eigenvalue weighted by atomic mass is 10.1. The van der Waals surface area contributed by atoms with Crippen molar-refractivity contribution in [3.05, 3.63) is 52.0 Å². The van der Waals surface area contributed by atoms with Crippen LogP contribution in [0, 0.1) is 5.82 Å². The van der Waals surface area contributed by atoms with Gasteiger partial charge in [-0.15, -0.1) is 12.4 Å². The van der Waals surface area contributed by atoms with Crippen LogP contribution < -0.4 is 10.6 Å². The smallest absolute Gasteiger partial charge is 0.241 e. The highest BCUT2D eigenvalue weighted by Gasteiger charge is 2.19. The summed E-state index contributed by atoms with van der Waals surface area (Å²) in [6, 6.07) is 4.31. The van der Waals surface area contributed by atoms with Crippen LogP contribution in [-0.2, 0) is 18.3 Å². The van der Waals surface area contributed by atoms with Gasteiger partial charge in [0.05, 0.1) is 6.20 Å². The normalized spacial score (nSPS) is 11.7. The van der Waals surface area contributed by atoms with Crippen LogP contribution in [0.1, 0.15) is 17.2 Å². The Morgan fingerprint density at radius 1 is 1.48 bits per heavy atom. The molecule has 0 aliphatic rings. The lowest BCUT2D eigenvalue weighted by Crippen LogP contribution is -2.36. The van der Waals surface area contributed by atoms with Gasteiger partial charge in [-0.3, -0.25) is 9.48 Å². The zero-order valence-electron chi connectivity index (χ0n) is 12.8. The van der Waals surface area contributed by atoms with E-state index < -0.39 is 6.04 Å². The van der Waals surface area contributed by atoms with Crippen molar-refractivity contribution in [1.29, 1.82) is 0 Å². The van der Waals surface area contributed by atoms with Crippen LogP contribution in [-0.4, -0.2) is 29.3 Å². The first-order valence-corrected chi connectivity index (χ1v) is 7.68. The van der Waals surface area contributed by atoms with E-state index in [1.807, 2.05) is 0 Å². The highest BCUT2D eigenvalue weighted by atomic mass is 79.9. The van der Waals surface area contributed by atoms with Gasteiger partial charge in [-0.1, -0.05) is 15.9 Å². The summed E-state index contributed by atoms with van der Waals surface area (Å²) in [7, 11) is 3.51. The summed E-state index contributed by atoms with van der Waals surface area (Å²) in [5, 5.41) is 9.83. The molecule has 1 aromatic carbocycles. The van der Waals surface area contributed by atoms with E-state index in [1.165, 1.54) is 6.07 Å². The topological polar surface area (TPSA) is 59.0 Å². The number of nitrogens with zero attached hydrogens (tertiary/aromatic N) is 2. The highest BCUT2D eigenvalue weighted by Crippen LogP contribution is 2.16. The number of rotatable bonds is 6. The van der Waals surface area contributed by atoms with Gasteiger partial charge in [0.15, 0.2) is 0 Å². The number of hydrogen-bond donors (Lipinski definition) is 2. The van der Waals surface area contributed by atoms with Gasteiger partial charge in [-0.05, 0) is 37.2 Å². The van der Waals surface area contributed by atoms with E-state index in [4.69, 9.17) is 0 Å². The molecule has 1 amide bonds. The van der Waals surface area contributed by atoms with Crippen LogP contribution in [0.3, 0.4) is 0 Å². The Balaban J connectivity index is 0.00000264. The average molecular weight is 406 g/mol. The van der Waals surface area contributed by atoms with Crippen LogP contribution in [0.2, 0.25) is 0 Å². The summed E-state index contributed by atoms with van der Waals surface area (Å²) in [4.78, 5) is 12.2. The second-order valence-electron chi connectivity index (χ2n) is 4.95. The van der Waals surface area contributed by atoms with Gasteiger partial charge in [0.2, 0.25) is 5.91 Å². The number of aryl methyl sites for hydroxylation is 1. The number of aromatic nitrogens is 2. The first-order chi connectivity index (χ1) is 10.5. The minimum atomic E-state index is -0.471. The van der Waals surface area contributed by atoms with Gasteiger partial charge >= 0.3 is 0 Å². The molecule has 0 aliphatic heterocycles. The Labute approximate surface area is 149 Å². The lowest BCUT2D eigenvalue weighted by molar-refractivity contribution is -0.123. The number of hydrogen-bond acceptors (Lipinski definition) is 3. The number of carbonyl (C=O) groups is 1. The third-order valence-electron chi connectivity index (χ3n) is 3.31. The largest absolute Gasteiger partial charge is 0.354 e. The van der Waals surface area contributed by atoms with Gasteiger partial charge in [-0.2, -0.15) is 5.10 Å². The molecule has 2 rings (SSSR count). The number of likely N-dealkylation sites (N-methyl/N-ethyl adjacent to an activating group) is 1. The maximum Gasteiger partial charge on any atom is 0.241 e. The van der Waals surface area contributed by atoms with Crippen LogP contribution in [0.5, 0.6) is 0 Å². The fourth-order valence-corrected chi connectivity index (χ4v) is 2.60. The van der Waals surface area contributed by atoms with Crippen LogP contribution in [0.4, 0.5) is 4.39 Å². The fourth-order valence-electron chi connectivity index (χ4n) is 2.20. The maximum atomic E-state index is 13.6. The number of halogens is 3. The SMILES string of the molecule is CNC(C(=O)NCCc1cc(Br)ccc1F)c1cnn(C)c1.Cl. The van der Waals surface area contributed by atoms with Crippen molar-refractivity contribution in [2.24, 2.45) is 7.05 Å². The standard InChI is InChI=1S/C15H18BrFN4O.ClH/c1-18-14(11-8-20-21(2)9-11)15(22)19-6-5-10-7-12(16)3-4-13(10)17;/h3-4,7-9,14,18H,5-6H2,1-2H3,(H,19,22);1H. The molecule has 1 unspecified atom stereocenters. The molecule has 0 bridgehead atoms. The third-order valence-corrected chi connectivity index (χ3v) is 3.80. The molecule has 1 heterocycles. The van der Waals surface area contributed by atoms with Gasteiger partial charge in [0.25, 0.3) is 0 Å². The van der Waals surface area contributed by atoms with E-state index in [9.17, 15) is 9.18 Å². The molecule has 0 radical (unpaired) electrons. The Kier molecular flexibility index (Phi) is 7.67. The van der Waals surface area contributed by atoms with E-state index in [2.05, 4.69) is 31.7 Å². The van der Waals surface area contributed by atoms with E-state index in [1.54, 1.807) is 43.3 Å². The Hall–Kier alpha value is -1.44. The van der Waals surface area contributed by atoms with Crippen molar-refractivity contribution in [1.82, 2.24) is 20.4 Å². The van der Waals surface area contributed by atoms with Crippen LogP contribution in [0.15, 0.2) is 35.1 Å². The highest BCUT2D eigenvalue weighted by molar-refractivity contribution is 9.10. The van der Waals surface area contributed by atoms with Crippen molar-refractivity contribution < 1.29 is 9.18 Å².